The van der Waals surface area contributed by atoms with Crippen molar-refractivity contribution in [3.63, 3.8) is 0 Å². The van der Waals surface area contributed by atoms with E-state index in [2.05, 4.69) is 15.4 Å². The zero-order valence-corrected chi connectivity index (χ0v) is 18.2. The van der Waals surface area contributed by atoms with Gasteiger partial charge in [0.05, 0.1) is 22.1 Å². The molecule has 1 atom stereocenters. The first-order valence-corrected chi connectivity index (χ1v) is 10.4. The Hall–Kier alpha value is -3.54. The van der Waals surface area contributed by atoms with E-state index in [9.17, 15) is 31.1 Å². The van der Waals surface area contributed by atoms with Crippen LogP contribution < -0.4 is 10.1 Å². The normalized spacial score (nSPS) is 15.6. The van der Waals surface area contributed by atoms with E-state index in [0.29, 0.717) is 6.07 Å². The summed E-state index contributed by atoms with van der Waals surface area (Å²) >= 11 is 6.07. The van der Waals surface area contributed by atoms with Crippen LogP contribution in [0.5, 0.6) is 5.88 Å². The molecule has 0 spiro atoms. The van der Waals surface area contributed by atoms with E-state index in [-0.39, 0.29) is 34.1 Å². The highest BCUT2D eigenvalue weighted by molar-refractivity contribution is 6.32. The van der Waals surface area contributed by atoms with E-state index in [0.717, 1.165) is 10.9 Å². The Morgan fingerprint density at radius 2 is 1.91 bits per heavy atom. The lowest BCUT2D eigenvalue weighted by molar-refractivity contribution is -0.150. The number of hydrogen-bond donors (Lipinski definition) is 1. The largest absolute Gasteiger partial charge is 0.467 e. The lowest BCUT2D eigenvalue weighted by Crippen LogP contribution is -2.25. The van der Waals surface area contributed by atoms with Crippen LogP contribution in [0.1, 0.15) is 29.3 Å². The van der Waals surface area contributed by atoms with Crippen LogP contribution in [0, 0.1) is 0 Å². The number of carbonyl (C=O) groups excluding carboxylic acids is 1. The van der Waals surface area contributed by atoms with Gasteiger partial charge in [-0.2, -0.15) is 36.1 Å². The van der Waals surface area contributed by atoms with Crippen molar-refractivity contribution in [3.05, 3.63) is 70.6 Å². The molecule has 1 unspecified atom stereocenters. The molecular formula is C22H15ClF6N4O2. The zero-order valence-electron chi connectivity index (χ0n) is 17.5. The summed E-state index contributed by atoms with van der Waals surface area (Å²) in [5.41, 5.74) is -1.25. The van der Waals surface area contributed by atoms with Crippen LogP contribution in [0.15, 0.2) is 48.7 Å². The van der Waals surface area contributed by atoms with Crippen LogP contribution in [0.25, 0.3) is 11.8 Å². The number of ether oxygens (including phenoxy) is 1. The molecule has 0 saturated carbocycles. The molecule has 1 N–H and O–H groups in total. The Morgan fingerprint density at radius 1 is 1.17 bits per heavy atom. The van der Waals surface area contributed by atoms with Crippen molar-refractivity contribution in [2.24, 2.45) is 0 Å². The minimum absolute atomic E-state index is 0.0596. The van der Waals surface area contributed by atoms with Crippen molar-refractivity contribution < 1.29 is 35.9 Å². The van der Waals surface area contributed by atoms with Crippen molar-refractivity contribution in [1.82, 2.24) is 14.8 Å². The van der Waals surface area contributed by atoms with E-state index in [1.807, 2.05) is 0 Å². The highest BCUT2D eigenvalue weighted by Gasteiger charge is 2.43. The fraction of sp³-hybridized carbons (Fsp3) is 0.227. The van der Waals surface area contributed by atoms with Crippen molar-refractivity contribution in [2.45, 2.75) is 24.7 Å². The van der Waals surface area contributed by atoms with E-state index < -0.39 is 42.4 Å². The second-order valence-corrected chi connectivity index (χ2v) is 7.86. The van der Waals surface area contributed by atoms with Crippen molar-refractivity contribution in [3.8, 4) is 11.6 Å². The predicted molar refractivity (Wildman–Crippen MR) is 114 cm³/mol. The second kappa shape index (κ2) is 9.25. The van der Waals surface area contributed by atoms with Crippen LogP contribution in [0.3, 0.4) is 0 Å². The molecular weight excluding hydrogens is 502 g/mol. The maximum absolute atomic E-state index is 13.3. The van der Waals surface area contributed by atoms with Gasteiger partial charge in [0.1, 0.15) is 5.92 Å². The van der Waals surface area contributed by atoms with Gasteiger partial charge in [0, 0.05) is 17.8 Å². The summed E-state index contributed by atoms with van der Waals surface area (Å²) < 4.78 is 85.8. The number of amides is 1. The molecule has 0 radical (unpaired) electrons. The summed E-state index contributed by atoms with van der Waals surface area (Å²) in [7, 11) is 0. The number of aromatic nitrogens is 3. The van der Waals surface area contributed by atoms with E-state index >= 15 is 0 Å². The van der Waals surface area contributed by atoms with Gasteiger partial charge in [-0.25, -0.2) is 0 Å². The lowest BCUT2D eigenvalue weighted by Gasteiger charge is -2.24. The zero-order chi connectivity index (χ0) is 25.4. The first-order valence-electron chi connectivity index (χ1n) is 10.0. The minimum atomic E-state index is -4.79. The number of allylic oxidation sites excluding steroid dienone is 1. The number of anilines is 1. The number of fused-ring (bicyclic) bond motifs is 1. The summed E-state index contributed by atoms with van der Waals surface area (Å²) in [5.74, 6) is -3.04. The molecule has 13 heteroatoms. The van der Waals surface area contributed by atoms with Crippen molar-refractivity contribution in [1.29, 1.82) is 0 Å². The molecule has 0 aliphatic heterocycles. The minimum Gasteiger partial charge on any atom is -0.467 e. The molecule has 0 fully saturated rings. The lowest BCUT2D eigenvalue weighted by atomic mass is 9.90. The summed E-state index contributed by atoms with van der Waals surface area (Å²) in [6.45, 7) is -0.753. The first-order chi connectivity index (χ1) is 16.4. The van der Waals surface area contributed by atoms with Crippen LogP contribution in [-0.4, -0.2) is 33.5 Å². The molecule has 2 aromatic heterocycles. The SMILES string of the molecule is O=C(COc1cc(C(F)(F)F)nn1-c1ccccc1Cl)Nc1ccnc2c1C=CCC2C(F)(F)F. The third-order valence-corrected chi connectivity index (χ3v) is 5.40. The number of pyridine rings is 1. The fourth-order valence-electron chi connectivity index (χ4n) is 3.50. The third-order valence-electron chi connectivity index (χ3n) is 5.08. The van der Waals surface area contributed by atoms with Gasteiger partial charge in [0.15, 0.2) is 12.3 Å². The van der Waals surface area contributed by atoms with Crippen molar-refractivity contribution in [2.75, 3.05) is 11.9 Å². The standard InChI is InChI=1S/C22H15ClF6N4O2/c23-14-6-1-2-7-16(14)33-19(10-17(32-33)22(27,28)29)35-11-18(34)31-15-8-9-30-20-12(15)4-3-5-13(20)21(24,25)26/h1-4,6-10,13H,5,11H2,(H,30,31,34). The number of carbonyl (C=O) groups is 1. The number of benzene rings is 1. The molecule has 0 saturated heterocycles. The highest BCUT2D eigenvalue weighted by atomic mass is 35.5. The Labute approximate surface area is 199 Å². The van der Waals surface area contributed by atoms with E-state index in [4.69, 9.17) is 16.3 Å². The smallest absolute Gasteiger partial charge is 0.435 e. The molecule has 1 aliphatic rings. The van der Waals surface area contributed by atoms with Crippen molar-refractivity contribution >= 4 is 29.3 Å². The average molecular weight is 517 g/mol. The molecule has 1 amide bonds. The average Bonchev–Trinajstić information content (AvgIpc) is 3.22. The first kappa shape index (κ1) is 24.6. The molecule has 1 aliphatic carbocycles. The van der Waals surface area contributed by atoms with Crippen LogP contribution in [0.2, 0.25) is 5.02 Å². The Bertz CT molecular complexity index is 1290. The molecule has 2 heterocycles. The number of nitrogens with zero attached hydrogens (tertiary/aromatic N) is 3. The predicted octanol–water partition coefficient (Wildman–Crippen LogP) is 6.02. The Kier molecular flexibility index (Phi) is 6.50. The number of halogens is 7. The summed E-state index contributed by atoms with van der Waals surface area (Å²) in [4.78, 5) is 16.3. The highest BCUT2D eigenvalue weighted by Crippen LogP contribution is 2.42. The van der Waals surface area contributed by atoms with Gasteiger partial charge in [-0.05, 0) is 24.6 Å². The number of nitrogens with one attached hydrogen (secondary N) is 1. The number of hydrogen-bond acceptors (Lipinski definition) is 4. The number of rotatable bonds is 5. The van der Waals surface area contributed by atoms with Gasteiger partial charge in [-0.15, -0.1) is 0 Å². The second-order valence-electron chi connectivity index (χ2n) is 7.46. The van der Waals surface area contributed by atoms with E-state index in [1.54, 1.807) is 6.07 Å². The Morgan fingerprint density at radius 3 is 2.60 bits per heavy atom. The van der Waals surface area contributed by atoms with Gasteiger partial charge in [0.25, 0.3) is 5.91 Å². The maximum atomic E-state index is 13.3. The molecule has 6 nitrogen and oxygen atoms in total. The van der Waals surface area contributed by atoms with Gasteiger partial charge in [-0.3, -0.25) is 9.78 Å². The fourth-order valence-corrected chi connectivity index (χ4v) is 3.72. The van der Waals surface area contributed by atoms with E-state index in [1.165, 1.54) is 36.4 Å². The monoisotopic (exact) mass is 516 g/mol. The van der Waals surface area contributed by atoms with Crippen LogP contribution >= 0.6 is 11.6 Å². The van der Waals surface area contributed by atoms with Gasteiger partial charge < -0.3 is 10.1 Å². The van der Waals surface area contributed by atoms with Gasteiger partial charge in [0.2, 0.25) is 5.88 Å². The molecule has 184 valence electrons. The van der Waals surface area contributed by atoms with Gasteiger partial charge in [-0.1, -0.05) is 35.9 Å². The number of para-hydroxylation sites is 1. The quantitative estimate of drug-likeness (QED) is 0.421. The molecule has 35 heavy (non-hydrogen) atoms. The molecule has 1 aromatic carbocycles. The molecule has 3 aromatic rings. The van der Waals surface area contributed by atoms with Crippen LogP contribution in [-0.2, 0) is 11.0 Å². The summed E-state index contributed by atoms with van der Waals surface area (Å²) in [6.07, 6.45) is -5.71. The third kappa shape index (κ3) is 5.26. The maximum Gasteiger partial charge on any atom is 0.435 e. The summed E-state index contributed by atoms with van der Waals surface area (Å²) in [5, 5.41) is 6.00. The van der Waals surface area contributed by atoms with Gasteiger partial charge >= 0.3 is 12.4 Å². The number of alkyl halides is 6. The topological polar surface area (TPSA) is 69.0 Å². The Balaban J connectivity index is 1.55. The molecule has 0 bridgehead atoms. The summed E-state index contributed by atoms with van der Waals surface area (Å²) in [6, 6.07) is 7.88. The van der Waals surface area contributed by atoms with Crippen LogP contribution in [0.4, 0.5) is 32.0 Å². The molecule has 4 rings (SSSR count).